The minimum atomic E-state index is -3.21. The van der Waals surface area contributed by atoms with Crippen LogP contribution in [0.15, 0.2) is 0 Å². The van der Waals surface area contributed by atoms with Crippen molar-refractivity contribution in [1.29, 1.82) is 0 Å². The number of esters is 2. The van der Waals surface area contributed by atoms with Gasteiger partial charge in [0, 0.05) is 0 Å². The zero-order valence-corrected chi connectivity index (χ0v) is 9.49. The van der Waals surface area contributed by atoms with Gasteiger partial charge in [0.25, 0.3) is 0 Å². The number of hydrogen-bond acceptors (Lipinski definition) is 4. The van der Waals surface area contributed by atoms with E-state index < -0.39 is 25.0 Å². The highest BCUT2D eigenvalue weighted by atomic mass is 19.3. The molecule has 0 aromatic carbocycles. The van der Waals surface area contributed by atoms with Gasteiger partial charge in [0.15, 0.2) is 6.61 Å². The van der Waals surface area contributed by atoms with Gasteiger partial charge in [0.2, 0.25) is 0 Å². The van der Waals surface area contributed by atoms with Gasteiger partial charge in [-0.05, 0) is 18.8 Å². The molecule has 0 aromatic heterocycles. The van der Waals surface area contributed by atoms with Gasteiger partial charge in [-0.2, -0.15) is 8.78 Å². The second-order valence-corrected chi connectivity index (χ2v) is 4.10. The van der Waals surface area contributed by atoms with E-state index in [1.54, 1.807) is 0 Å². The third-order valence-electron chi connectivity index (χ3n) is 2.72. The highest BCUT2D eigenvalue weighted by Gasteiger charge is 2.20. The molecule has 0 N–H and O–H groups in total. The normalized spacial score (nSPS) is 16.9. The topological polar surface area (TPSA) is 52.6 Å². The van der Waals surface area contributed by atoms with Gasteiger partial charge in [-0.15, -0.1) is 0 Å². The molecule has 0 aliphatic heterocycles. The first-order valence-electron chi connectivity index (χ1n) is 5.70. The van der Waals surface area contributed by atoms with Gasteiger partial charge >= 0.3 is 18.4 Å². The summed E-state index contributed by atoms with van der Waals surface area (Å²) in [7, 11) is 0. The molecule has 0 amide bonds. The van der Waals surface area contributed by atoms with Crippen LogP contribution in [0.25, 0.3) is 0 Å². The molecule has 4 nitrogen and oxygen atoms in total. The van der Waals surface area contributed by atoms with Crippen LogP contribution in [0.1, 0.15) is 32.1 Å². The average molecular weight is 250 g/mol. The molecule has 0 unspecified atom stereocenters. The molecule has 0 aromatic rings. The Balaban J connectivity index is 2.10. The fraction of sp³-hybridized carbons (Fsp3) is 0.818. The molecule has 1 aliphatic carbocycles. The molecule has 0 spiro atoms. The summed E-state index contributed by atoms with van der Waals surface area (Å²) in [6.07, 6.45) is 2.29. The highest BCUT2D eigenvalue weighted by Crippen LogP contribution is 2.23. The molecule has 0 atom stereocenters. The Kier molecular flexibility index (Phi) is 5.86. The molecule has 6 heteroatoms. The number of carbonyl (C=O) groups is 2. The van der Waals surface area contributed by atoms with Crippen LogP contribution >= 0.6 is 0 Å². The summed E-state index contributed by atoms with van der Waals surface area (Å²) in [5.74, 6) is -2.12. The van der Waals surface area contributed by atoms with E-state index in [2.05, 4.69) is 4.74 Å². The summed E-state index contributed by atoms with van der Waals surface area (Å²) in [5, 5.41) is 0. The van der Waals surface area contributed by atoms with E-state index >= 15 is 0 Å². The number of hydrogen-bond donors (Lipinski definition) is 0. The first-order chi connectivity index (χ1) is 8.09. The highest BCUT2D eigenvalue weighted by molar-refractivity contribution is 5.77. The van der Waals surface area contributed by atoms with E-state index in [4.69, 9.17) is 4.74 Å². The lowest BCUT2D eigenvalue weighted by Gasteiger charge is -2.20. The fourth-order valence-electron chi connectivity index (χ4n) is 1.80. The lowest BCUT2D eigenvalue weighted by Crippen LogP contribution is -2.23. The third kappa shape index (κ3) is 5.60. The second kappa shape index (κ2) is 7.19. The molecule has 0 bridgehead atoms. The predicted octanol–water partition coefficient (Wildman–Crippen LogP) is 1.92. The Hall–Kier alpha value is -1.20. The molecule has 0 saturated heterocycles. The van der Waals surface area contributed by atoms with Crippen molar-refractivity contribution in [3.8, 4) is 0 Å². The summed E-state index contributed by atoms with van der Waals surface area (Å²) >= 11 is 0. The molecule has 0 heterocycles. The predicted molar refractivity (Wildman–Crippen MR) is 54.5 cm³/mol. The minimum Gasteiger partial charge on any atom is -0.463 e. The van der Waals surface area contributed by atoms with Gasteiger partial charge in [-0.3, -0.25) is 0 Å². The number of carbonyl (C=O) groups excluding carboxylic acids is 2. The van der Waals surface area contributed by atoms with Crippen molar-refractivity contribution in [2.75, 3.05) is 13.2 Å². The Bertz CT molecular complexity index is 262. The number of alkyl halides is 2. The van der Waals surface area contributed by atoms with Crippen molar-refractivity contribution < 1.29 is 27.8 Å². The van der Waals surface area contributed by atoms with Crippen molar-refractivity contribution in [3.63, 3.8) is 0 Å². The maximum absolute atomic E-state index is 11.7. The van der Waals surface area contributed by atoms with E-state index in [0.29, 0.717) is 5.92 Å². The van der Waals surface area contributed by atoms with Crippen molar-refractivity contribution in [1.82, 2.24) is 0 Å². The zero-order chi connectivity index (χ0) is 12.7. The smallest absolute Gasteiger partial charge is 0.374 e. The molecule has 1 fully saturated rings. The summed E-state index contributed by atoms with van der Waals surface area (Å²) < 4.78 is 32.3. The molecule has 17 heavy (non-hydrogen) atoms. The molecule has 0 radical (unpaired) electrons. The largest absolute Gasteiger partial charge is 0.463 e. The molecule has 1 rings (SSSR count). The van der Waals surface area contributed by atoms with Crippen LogP contribution in [0.4, 0.5) is 8.78 Å². The Morgan fingerprint density at radius 1 is 1.12 bits per heavy atom. The lowest BCUT2D eigenvalue weighted by atomic mass is 9.90. The van der Waals surface area contributed by atoms with E-state index in [9.17, 15) is 18.4 Å². The lowest BCUT2D eigenvalue weighted by molar-refractivity contribution is -0.166. The van der Waals surface area contributed by atoms with Gasteiger partial charge < -0.3 is 9.47 Å². The quantitative estimate of drug-likeness (QED) is 0.699. The van der Waals surface area contributed by atoms with Crippen molar-refractivity contribution in [2.45, 2.75) is 38.5 Å². The third-order valence-corrected chi connectivity index (χ3v) is 2.72. The van der Waals surface area contributed by atoms with E-state index in [-0.39, 0.29) is 6.61 Å². The van der Waals surface area contributed by atoms with Gasteiger partial charge in [0.1, 0.15) is 0 Å². The molecular weight excluding hydrogens is 234 g/mol. The van der Waals surface area contributed by atoms with Crippen LogP contribution < -0.4 is 0 Å². The van der Waals surface area contributed by atoms with E-state index in [1.807, 2.05) is 0 Å². The first kappa shape index (κ1) is 13.9. The van der Waals surface area contributed by atoms with Crippen molar-refractivity contribution >= 4 is 11.9 Å². The minimum absolute atomic E-state index is 0.283. The van der Waals surface area contributed by atoms with Crippen molar-refractivity contribution in [2.24, 2.45) is 5.92 Å². The second-order valence-electron chi connectivity index (χ2n) is 4.10. The Labute approximate surface area is 98.3 Å². The Morgan fingerprint density at radius 2 is 1.76 bits per heavy atom. The van der Waals surface area contributed by atoms with Crippen molar-refractivity contribution in [3.05, 3.63) is 0 Å². The number of rotatable bonds is 5. The van der Waals surface area contributed by atoms with Crippen LogP contribution in [0.2, 0.25) is 0 Å². The maximum Gasteiger partial charge on any atom is 0.374 e. The SMILES string of the molecule is O=C(COC(=O)C(F)F)OCC1CCCCC1. The Morgan fingerprint density at radius 3 is 2.35 bits per heavy atom. The molecule has 1 saturated carbocycles. The van der Waals surface area contributed by atoms with Crippen LogP contribution in [0.3, 0.4) is 0 Å². The van der Waals surface area contributed by atoms with Crippen LogP contribution in [-0.4, -0.2) is 31.6 Å². The monoisotopic (exact) mass is 250 g/mol. The van der Waals surface area contributed by atoms with Crippen LogP contribution in [0.5, 0.6) is 0 Å². The molecular formula is C11H16F2O4. The van der Waals surface area contributed by atoms with Gasteiger partial charge in [-0.1, -0.05) is 19.3 Å². The van der Waals surface area contributed by atoms with E-state index in [0.717, 1.165) is 25.7 Å². The fourth-order valence-corrected chi connectivity index (χ4v) is 1.80. The number of halogens is 2. The summed E-state index contributed by atoms with van der Waals surface area (Å²) in [6.45, 7) is -0.457. The molecule has 1 aliphatic rings. The molecule has 98 valence electrons. The zero-order valence-electron chi connectivity index (χ0n) is 9.49. The standard InChI is InChI=1S/C11H16F2O4/c12-10(13)11(15)17-7-9(14)16-6-8-4-2-1-3-5-8/h8,10H,1-7H2. The average Bonchev–Trinajstić information content (AvgIpc) is 2.34. The summed E-state index contributed by atoms with van der Waals surface area (Å²) in [6, 6.07) is 0. The van der Waals surface area contributed by atoms with Gasteiger partial charge in [-0.25, -0.2) is 9.59 Å². The summed E-state index contributed by atoms with van der Waals surface area (Å²) in [4.78, 5) is 21.4. The van der Waals surface area contributed by atoms with Gasteiger partial charge in [0.05, 0.1) is 6.61 Å². The summed E-state index contributed by atoms with van der Waals surface area (Å²) in [5.41, 5.74) is 0. The first-order valence-corrected chi connectivity index (χ1v) is 5.70. The number of ether oxygens (including phenoxy) is 2. The van der Waals surface area contributed by atoms with E-state index in [1.165, 1.54) is 6.42 Å². The van der Waals surface area contributed by atoms with Crippen LogP contribution in [0, 0.1) is 5.92 Å². The maximum atomic E-state index is 11.7. The van der Waals surface area contributed by atoms with Crippen LogP contribution in [-0.2, 0) is 19.1 Å².